The Bertz CT molecular complexity index is 667. The molecule has 0 saturated carbocycles. The molecule has 1 atom stereocenters. The zero-order chi connectivity index (χ0) is 16.2. The molecule has 0 aromatic carbocycles. The van der Waals surface area contributed by atoms with Crippen LogP contribution in [0, 0.1) is 6.92 Å². The minimum atomic E-state index is 0.0235. The van der Waals surface area contributed by atoms with Gasteiger partial charge in [0.2, 0.25) is 5.89 Å². The molecule has 1 N–H and O–H groups in total. The van der Waals surface area contributed by atoms with Crippen LogP contribution in [0.4, 0.5) is 4.79 Å². The van der Waals surface area contributed by atoms with E-state index in [9.17, 15) is 4.79 Å². The number of urea groups is 1. The van der Waals surface area contributed by atoms with Crippen LogP contribution in [0.15, 0.2) is 16.0 Å². The van der Waals surface area contributed by atoms with Crippen molar-refractivity contribution in [1.29, 1.82) is 0 Å². The van der Waals surface area contributed by atoms with Crippen LogP contribution in [0.3, 0.4) is 0 Å². The number of carbonyl (C=O) groups is 1. The van der Waals surface area contributed by atoms with Crippen molar-refractivity contribution in [1.82, 2.24) is 20.4 Å². The van der Waals surface area contributed by atoms with E-state index in [1.54, 1.807) is 18.3 Å². The highest BCUT2D eigenvalue weighted by Gasteiger charge is 2.29. The van der Waals surface area contributed by atoms with Gasteiger partial charge in [-0.15, -0.1) is 11.3 Å². The molecule has 0 aliphatic carbocycles. The van der Waals surface area contributed by atoms with Gasteiger partial charge in [0.1, 0.15) is 0 Å². The third-order valence-electron chi connectivity index (χ3n) is 4.16. The lowest BCUT2D eigenvalue weighted by molar-refractivity contribution is 0.168. The molecule has 3 rings (SSSR count). The van der Waals surface area contributed by atoms with Crippen molar-refractivity contribution >= 4 is 17.4 Å². The zero-order valence-corrected chi connectivity index (χ0v) is 14.4. The number of amides is 2. The van der Waals surface area contributed by atoms with Crippen molar-refractivity contribution in [2.75, 3.05) is 13.1 Å². The molecule has 23 heavy (non-hydrogen) atoms. The number of fused-ring (bicyclic) bond motifs is 1. The van der Waals surface area contributed by atoms with Gasteiger partial charge in [0.05, 0.1) is 6.04 Å². The molecule has 124 valence electrons. The van der Waals surface area contributed by atoms with Gasteiger partial charge >= 0.3 is 6.03 Å². The molecule has 2 aromatic heterocycles. The predicted octanol–water partition coefficient (Wildman–Crippen LogP) is 3.09. The smallest absolute Gasteiger partial charge is 0.317 e. The van der Waals surface area contributed by atoms with Crippen LogP contribution in [0.2, 0.25) is 0 Å². The quantitative estimate of drug-likeness (QED) is 0.853. The average Bonchev–Trinajstić information content (AvgIpc) is 3.18. The number of carbonyl (C=O) groups excluding carboxylic acids is 1. The SMILES string of the molecule is CCC1c2ccsc2CCN1C(=O)NCCCc1nc(C)no1. The Morgan fingerprint density at radius 1 is 1.57 bits per heavy atom. The first kappa shape index (κ1) is 16.0. The summed E-state index contributed by atoms with van der Waals surface area (Å²) in [5.74, 6) is 1.28. The Morgan fingerprint density at radius 3 is 3.17 bits per heavy atom. The topological polar surface area (TPSA) is 71.3 Å². The van der Waals surface area contributed by atoms with E-state index in [2.05, 4.69) is 33.8 Å². The number of nitrogens with zero attached hydrogens (tertiary/aromatic N) is 3. The maximum Gasteiger partial charge on any atom is 0.317 e. The number of nitrogens with one attached hydrogen (secondary N) is 1. The zero-order valence-electron chi connectivity index (χ0n) is 13.5. The van der Waals surface area contributed by atoms with Gasteiger partial charge in [0.15, 0.2) is 5.82 Å². The first-order valence-corrected chi connectivity index (χ1v) is 8.97. The maximum atomic E-state index is 12.5. The summed E-state index contributed by atoms with van der Waals surface area (Å²) < 4.78 is 5.07. The highest BCUT2D eigenvalue weighted by atomic mass is 32.1. The van der Waals surface area contributed by atoms with Crippen molar-refractivity contribution in [3.63, 3.8) is 0 Å². The minimum Gasteiger partial charge on any atom is -0.339 e. The monoisotopic (exact) mass is 334 g/mol. The largest absolute Gasteiger partial charge is 0.339 e. The fraction of sp³-hybridized carbons (Fsp3) is 0.562. The summed E-state index contributed by atoms with van der Waals surface area (Å²) in [4.78, 5) is 20.0. The molecule has 6 nitrogen and oxygen atoms in total. The summed E-state index contributed by atoms with van der Waals surface area (Å²) in [5.41, 5.74) is 1.32. The van der Waals surface area contributed by atoms with Crippen LogP contribution >= 0.6 is 11.3 Å². The lowest BCUT2D eigenvalue weighted by Gasteiger charge is -2.35. The van der Waals surface area contributed by atoms with Crippen LogP contribution in [-0.2, 0) is 12.8 Å². The molecule has 0 bridgehead atoms. The number of hydrogen-bond donors (Lipinski definition) is 1. The second-order valence-electron chi connectivity index (χ2n) is 5.74. The van der Waals surface area contributed by atoms with Gasteiger partial charge in [-0.1, -0.05) is 12.1 Å². The summed E-state index contributed by atoms with van der Waals surface area (Å²) in [6, 6.07) is 2.38. The van der Waals surface area contributed by atoms with Gasteiger partial charge in [0, 0.05) is 24.4 Å². The minimum absolute atomic E-state index is 0.0235. The molecule has 7 heteroatoms. The van der Waals surface area contributed by atoms with E-state index in [4.69, 9.17) is 4.52 Å². The highest BCUT2D eigenvalue weighted by molar-refractivity contribution is 7.10. The van der Waals surface area contributed by atoms with Crippen molar-refractivity contribution in [2.45, 2.75) is 45.6 Å². The van der Waals surface area contributed by atoms with Gasteiger partial charge in [0.25, 0.3) is 0 Å². The summed E-state index contributed by atoms with van der Waals surface area (Å²) in [5, 5.41) is 8.90. The van der Waals surface area contributed by atoms with Crippen LogP contribution in [0.25, 0.3) is 0 Å². The molecule has 1 aliphatic heterocycles. The van der Waals surface area contributed by atoms with E-state index in [0.717, 1.165) is 25.8 Å². The molecule has 2 amide bonds. The van der Waals surface area contributed by atoms with E-state index in [-0.39, 0.29) is 12.1 Å². The molecular weight excluding hydrogens is 312 g/mol. The number of aryl methyl sites for hydroxylation is 2. The summed E-state index contributed by atoms with van der Waals surface area (Å²) in [6.07, 6.45) is 3.38. The average molecular weight is 334 g/mol. The first-order chi connectivity index (χ1) is 11.2. The molecule has 1 aliphatic rings. The van der Waals surface area contributed by atoms with Crippen LogP contribution < -0.4 is 5.32 Å². The second kappa shape index (κ2) is 7.12. The third kappa shape index (κ3) is 3.55. The molecule has 0 fully saturated rings. The van der Waals surface area contributed by atoms with Crippen LogP contribution in [0.1, 0.15) is 48.0 Å². The molecule has 1 unspecified atom stereocenters. The lowest BCUT2D eigenvalue weighted by atomic mass is 9.98. The van der Waals surface area contributed by atoms with Gasteiger partial charge in [-0.2, -0.15) is 4.98 Å². The Balaban J connectivity index is 1.50. The Morgan fingerprint density at radius 2 is 2.43 bits per heavy atom. The van der Waals surface area contributed by atoms with E-state index in [1.165, 1.54) is 10.4 Å². The molecule has 0 radical (unpaired) electrons. The summed E-state index contributed by atoms with van der Waals surface area (Å²) >= 11 is 1.80. The van der Waals surface area contributed by atoms with E-state index >= 15 is 0 Å². The first-order valence-electron chi connectivity index (χ1n) is 8.09. The van der Waals surface area contributed by atoms with E-state index in [0.29, 0.717) is 24.7 Å². The van der Waals surface area contributed by atoms with Gasteiger partial charge in [-0.25, -0.2) is 4.79 Å². The standard InChI is InChI=1S/C16H22N4O2S/c1-3-13-12-7-10-23-14(12)6-9-20(13)16(21)17-8-4-5-15-18-11(2)19-22-15/h7,10,13H,3-6,8-9H2,1-2H3,(H,17,21). The van der Waals surface area contributed by atoms with Gasteiger partial charge in [-0.05, 0) is 43.2 Å². The highest BCUT2D eigenvalue weighted by Crippen LogP contribution is 2.35. The molecule has 0 spiro atoms. The number of rotatable bonds is 5. The van der Waals surface area contributed by atoms with Crippen LogP contribution in [0.5, 0.6) is 0 Å². The maximum absolute atomic E-state index is 12.5. The Kier molecular flexibility index (Phi) is 4.95. The van der Waals surface area contributed by atoms with Crippen molar-refractivity contribution in [3.8, 4) is 0 Å². The van der Waals surface area contributed by atoms with Crippen molar-refractivity contribution < 1.29 is 9.32 Å². The number of aromatic nitrogens is 2. The van der Waals surface area contributed by atoms with Gasteiger partial charge < -0.3 is 14.7 Å². The summed E-state index contributed by atoms with van der Waals surface area (Å²) in [7, 11) is 0. The van der Waals surface area contributed by atoms with Crippen molar-refractivity contribution in [3.05, 3.63) is 33.6 Å². The lowest BCUT2D eigenvalue weighted by Crippen LogP contribution is -2.45. The number of thiophene rings is 1. The Hall–Kier alpha value is -1.89. The second-order valence-corrected chi connectivity index (χ2v) is 6.74. The normalized spacial score (nSPS) is 17.1. The molecule has 2 aromatic rings. The number of hydrogen-bond acceptors (Lipinski definition) is 5. The molecular formula is C16H22N4O2S. The molecule has 3 heterocycles. The fourth-order valence-corrected chi connectivity index (χ4v) is 3.99. The van der Waals surface area contributed by atoms with Gasteiger partial charge in [-0.3, -0.25) is 0 Å². The van der Waals surface area contributed by atoms with Crippen molar-refractivity contribution in [2.24, 2.45) is 0 Å². The Labute approximate surface area is 139 Å². The van der Waals surface area contributed by atoms with Crippen LogP contribution in [-0.4, -0.2) is 34.2 Å². The molecule has 0 saturated heterocycles. The van der Waals surface area contributed by atoms with E-state index in [1.807, 2.05) is 4.90 Å². The third-order valence-corrected chi connectivity index (χ3v) is 5.15. The fourth-order valence-electron chi connectivity index (χ4n) is 3.06. The predicted molar refractivity (Wildman–Crippen MR) is 88.5 cm³/mol. The van der Waals surface area contributed by atoms with E-state index < -0.39 is 0 Å². The summed E-state index contributed by atoms with van der Waals surface area (Å²) in [6.45, 7) is 5.34.